The molecule has 0 radical (unpaired) electrons. The first-order valence-electron chi connectivity index (χ1n) is 12.1. The van der Waals surface area contributed by atoms with Gasteiger partial charge in [0.25, 0.3) is 5.97 Å². The molecule has 3 fully saturated rings. The Morgan fingerprint density at radius 1 is 1.21 bits per heavy atom. The van der Waals surface area contributed by atoms with E-state index in [9.17, 15) is 15.0 Å². The highest BCUT2D eigenvalue weighted by Crippen LogP contribution is 2.68. The van der Waals surface area contributed by atoms with Gasteiger partial charge in [-0.3, -0.25) is 4.79 Å². The second-order valence-corrected chi connectivity index (χ2v) is 11.0. The molecule has 6 rings (SSSR count). The van der Waals surface area contributed by atoms with E-state index < -0.39 is 34.8 Å². The standard InChI is InChI=1S/C28H32O6/c1-16(2)26-12-18(4)28-21(11-20(15-29)13-25(31)22(28)10-17(3)23(25)30)24(26)32-27(33-26,34-28)14-19-8-6-5-7-9-19/h5-11,18,21-22,24,29,31H,1,12-15H2,2-4H3/t18-,21+,22-,24-,25-,26-,27?,28-/m1/s1. The van der Waals surface area contributed by atoms with E-state index in [0.29, 0.717) is 24.0 Å². The molecule has 1 unspecified atom stereocenters. The number of Topliss-reactive ketones (excluding diaryl/α,β-unsaturated/α-hetero) is 1. The van der Waals surface area contributed by atoms with Crippen LogP contribution in [0.25, 0.3) is 0 Å². The van der Waals surface area contributed by atoms with Crippen LogP contribution < -0.4 is 0 Å². The average molecular weight is 465 g/mol. The minimum atomic E-state index is -1.67. The van der Waals surface area contributed by atoms with Crippen LogP contribution in [0.2, 0.25) is 0 Å². The Morgan fingerprint density at radius 2 is 1.94 bits per heavy atom. The van der Waals surface area contributed by atoms with Crippen LogP contribution in [0.1, 0.15) is 39.2 Å². The molecule has 3 bridgehead atoms. The molecule has 6 heteroatoms. The summed E-state index contributed by atoms with van der Waals surface area (Å²) in [6, 6.07) is 9.92. The first-order chi connectivity index (χ1) is 16.1. The van der Waals surface area contributed by atoms with E-state index in [4.69, 9.17) is 14.2 Å². The minimum Gasteiger partial charge on any atom is -0.392 e. The van der Waals surface area contributed by atoms with Gasteiger partial charge in [-0.25, -0.2) is 0 Å². The van der Waals surface area contributed by atoms with E-state index >= 15 is 0 Å². The topological polar surface area (TPSA) is 85.2 Å². The summed E-state index contributed by atoms with van der Waals surface area (Å²) >= 11 is 0. The Hall–Kier alpha value is -2.09. The molecule has 0 amide bonds. The van der Waals surface area contributed by atoms with Crippen molar-refractivity contribution >= 4 is 5.78 Å². The zero-order valence-electron chi connectivity index (χ0n) is 19.9. The molecule has 2 heterocycles. The van der Waals surface area contributed by atoms with Crippen molar-refractivity contribution in [3.63, 3.8) is 0 Å². The van der Waals surface area contributed by atoms with Gasteiger partial charge in [0.1, 0.15) is 17.3 Å². The number of carbonyl (C=O) groups excluding carboxylic acids is 1. The van der Waals surface area contributed by atoms with Gasteiger partial charge in [0.15, 0.2) is 5.78 Å². The highest BCUT2D eigenvalue weighted by atomic mass is 16.9. The summed E-state index contributed by atoms with van der Waals surface area (Å²) in [6.45, 7) is 9.87. The molecular formula is C28H32O6. The Balaban J connectivity index is 1.58. The second-order valence-electron chi connectivity index (χ2n) is 11.0. The quantitative estimate of drug-likeness (QED) is 0.666. The summed E-state index contributed by atoms with van der Waals surface area (Å²) in [5.41, 5.74) is -0.348. The van der Waals surface area contributed by atoms with Crippen molar-refractivity contribution in [2.24, 2.45) is 17.8 Å². The maximum Gasteiger partial charge on any atom is 0.289 e. The summed E-state index contributed by atoms with van der Waals surface area (Å²) in [5.74, 6) is -2.64. The summed E-state index contributed by atoms with van der Waals surface area (Å²) < 4.78 is 20.5. The van der Waals surface area contributed by atoms with Crippen LogP contribution in [-0.2, 0) is 25.4 Å². The van der Waals surface area contributed by atoms with Crippen molar-refractivity contribution in [1.29, 1.82) is 0 Å². The minimum absolute atomic E-state index is 0.0761. The van der Waals surface area contributed by atoms with Gasteiger partial charge >= 0.3 is 0 Å². The largest absolute Gasteiger partial charge is 0.392 e. The van der Waals surface area contributed by atoms with E-state index in [0.717, 1.165) is 11.1 Å². The molecule has 3 aliphatic carbocycles. The number of ketones is 1. The summed E-state index contributed by atoms with van der Waals surface area (Å²) in [5, 5.41) is 22.1. The highest BCUT2D eigenvalue weighted by molar-refractivity contribution is 6.04. The Labute approximate surface area is 199 Å². The van der Waals surface area contributed by atoms with Gasteiger partial charge in [0, 0.05) is 18.3 Å². The predicted octanol–water partition coefficient (Wildman–Crippen LogP) is 3.24. The van der Waals surface area contributed by atoms with E-state index in [1.807, 2.05) is 49.4 Å². The lowest BCUT2D eigenvalue weighted by Gasteiger charge is -2.59. The van der Waals surface area contributed by atoms with Gasteiger partial charge in [-0.15, -0.1) is 0 Å². The molecule has 180 valence electrons. The molecule has 1 aromatic rings. The molecule has 8 atom stereocenters. The van der Waals surface area contributed by atoms with Crippen LogP contribution in [0.5, 0.6) is 0 Å². The molecule has 5 aliphatic rings. The third kappa shape index (κ3) is 2.61. The number of ether oxygens (including phenoxy) is 3. The lowest BCUT2D eigenvalue weighted by molar-refractivity contribution is -0.421. The van der Waals surface area contributed by atoms with Crippen LogP contribution in [0.4, 0.5) is 0 Å². The lowest BCUT2D eigenvalue weighted by atomic mass is 9.55. The zero-order chi connectivity index (χ0) is 24.1. The first-order valence-corrected chi connectivity index (χ1v) is 12.1. The second kappa shape index (κ2) is 6.99. The number of hydrogen-bond donors (Lipinski definition) is 2. The van der Waals surface area contributed by atoms with Crippen LogP contribution in [0.15, 0.2) is 65.8 Å². The fourth-order valence-corrected chi connectivity index (χ4v) is 7.50. The van der Waals surface area contributed by atoms with E-state index in [-0.39, 0.29) is 30.6 Å². The summed E-state index contributed by atoms with van der Waals surface area (Å²) in [7, 11) is 0. The van der Waals surface area contributed by atoms with E-state index in [1.165, 1.54) is 0 Å². The molecule has 2 N–H and O–H groups in total. The Morgan fingerprint density at radius 3 is 2.62 bits per heavy atom. The van der Waals surface area contributed by atoms with E-state index in [2.05, 4.69) is 13.5 Å². The third-order valence-corrected chi connectivity index (χ3v) is 8.93. The summed E-state index contributed by atoms with van der Waals surface area (Å²) in [4.78, 5) is 13.3. The van der Waals surface area contributed by atoms with Crippen LogP contribution in [0, 0.1) is 17.8 Å². The maximum atomic E-state index is 13.3. The molecule has 1 aromatic carbocycles. The SMILES string of the molecule is C=C(C)[C@]12C[C@@H](C)[C@@]34OC(Cc5ccccc5)(O[C@@H]1[C@@H]3C=C(CO)C[C@]1(O)C(=O)C(C)=C[C@@H]41)O2. The van der Waals surface area contributed by atoms with E-state index in [1.54, 1.807) is 6.92 Å². The third-order valence-electron chi connectivity index (χ3n) is 8.93. The number of carbonyl (C=O) groups is 1. The molecule has 34 heavy (non-hydrogen) atoms. The molecule has 0 aromatic heterocycles. The van der Waals surface area contributed by atoms with Crippen LogP contribution in [-0.4, -0.2) is 51.5 Å². The van der Waals surface area contributed by atoms with Gasteiger partial charge in [0.05, 0.1) is 18.6 Å². The summed E-state index contributed by atoms with van der Waals surface area (Å²) in [6.07, 6.45) is 4.51. The Bertz CT molecular complexity index is 1140. The van der Waals surface area contributed by atoms with Crippen molar-refractivity contribution in [2.75, 3.05) is 6.61 Å². The monoisotopic (exact) mass is 464 g/mol. The highest BCUT2D eigenvalue weighted by Gasteiger charge is 2.79. The zero-order valence-corrected chi connectivity index (χ0v) is 19.9. The average Bonchev–Trinajstić information content (AvgIpc) is 3.10. The molecule has 6 nitrogen and oxygen atoms in total. The smallest absolute Gasteiger partial charge is 0.289 e. The molecule has 1 saturated carbocycles. The van der Waals surface area contributed by atoms with Gasteiger partial charge < -0.3 is 24.4 Å². The van der Waals surface area contributed by atoms with Gasteiger partial charge in [-0.1, -0.05) is 56.0 Å². The predicted molar refractivity (Wildman–Crippen MR) is 124 cm³/mol. The molecule has 0 spiro atoms. The molecule has 2 aliphatic heterocycles. The molecular weight excluding hydrogens is 432 g/mol. The fourth-order valence-electron chi connectivity index (χ4n) is 7.50. The van der Waals surface area contributed by atoms with Crippen molar-refractivity contribution < 1.29 is 29.2 Å². The number of aliphatic hydroxyl groups is 2. The van der Waals surface area contributed by atoms with Crippen LogP contribution >= 0.6 is 0 Å². The first kappa shape index (κ1) is 22.4. The van der Waals surface area contributed by atoms with Gasteiger partial charge in [0.2, 0.25) is 0 Å². The Kier molecular flexibility index (Phi) is 4.60. The number of aliphatic hydroxyl groups excluding tert-OH is 1. The molecule has 2 saturated heterocycles. The lowest BCUT2D eigenvalue weighted by Crippen LogP contribution is -2.70. The van der Waals surface area contributed by atoms with Crippen LogP contribution in [0.3, 0.4) is 0 Å². The maximum absolute atomic E-state index is 13.3. The normalized spacial score (nSPS) is 46.4. The van der Waals surface area contributed by atoms with Crippen molar-refractivity contribution in [3.8, 4) is 0 Å². The number of hydrogen-bond acceptors (Lipinski definition) is 6. The van der Waals surface area contributed by atoms with Crippen molar-refractivity contribution in [2.45, 2.75) is 68.9 Å². The van der Waals surface area contributed by atoms with Crippen molar-refractivity contribution in [3.05, 3.63) is 71.3 Å². The number of rotatable bonds is 4. The number of benzene rings is 1. The van der Waals surface area contributed by atoms with Gasteiger partial charge in [-0.2, -0.15) is 0 Å². The van der Waals surface area contributed by atoms with Crippen molar-refractivity contribution in [1.82, 2.24) is 0 Å². The number of fused-ring (bicyclic) bond motifs is 2. The fraction of sp³-hybridized carbons (Fsp3) is 0.536. The van der Waals surface area contributed by atoms with Gasteiger partial charge in [-0.05, 0) is 48.5 Å².